The molecule has 1 aromatic heterocycles. The van der Waals surface area contributed by atoms with E-state index in [0.29, 0.717) is 12.0 Å². The number of hydrogen-bond acceptors (Lipinski definition) is 4. The first-order valence-electron chi connectivity index (χ1n) is 7.37. The van der Waals surface area contributed by atoms with E-state index < -0.39 is 0 Å². The predicted octanol–water partition coefficient (Wildman–Crippen LogP) is 2.69. The summed E-state index contributed by atoms with van der Waals surface area (Å²) in [6.07, 6.45) is 2.90. The molecular formula is C16H21N3O. The van der Waals surface area contributed by atoms with Crippen LogP contribution < -0.4 is 5.32 Å². The second-order valence-electron chi connectivity index (χ2n) is 5.70. The Morgan fingerprint density at radius 2 is 2.15 bits per heavy atom. The maximum Gasteiger partial charge on any atom is 0.224 e. The molecular weight excluding hydrogens is 250 g/mol. The standard InChI is InChI=1S/C16H21N3O/c1-11(2)17-9-5-8-15-18-19-16(20-15)14-10-12-6-3-4-7-13(12)14/h3-4,6-7,11,14,17H,5,8-10H2,1-2H3. The Labute approximate surface area is 119 Å². The lowest BCUT2D eigenvalue weighted by atomic mass is 9.77. The molecule has 0 radical (unpaired) electrons. The van der Waals surface area contributed by atoms with Gasteiger partial charge >= 0.3 is 0 Å². The second kappa shape index (κ2) is 5.75. The van der Waals surface area contributed by atoms with E-state index in [1.807, 2.05) is 0 Å². The summed E-state index contributed by atoms with van der Waals surface area (Å²) in [7, 11) is 0. The fourth-order valence-electron chi connectivity index (χ4n) is 2.62. The van der Waals surface area contributed by atoms with Crippen LogP contribution in [0.4, 0.5) is 0 Å². The average molecular weight is 271 g/mol. The highest BCUT2D eigenvalue weighted by Gasteiger charge is 2.31. The highest BCUT2D eigenvalue weighted by Crippen LogP contribution is 2.39. The first kappa shape index (κ1) is 13.3. The molecule has 3 rings (SSSR count). The van der Waals surface area contributed by atoms with Gasteiger partial charge in [0.2, 0.25) is 11.8 Å². The van der Waals surface area contributed by atoms with Crippen molar-refractivity contribution in [1.29, 1.82) is 0 Å². The van der Waals surface area contributed by atoms with Crippen molar-refractivity contribution in [2.24, 2.45) is 0 Å². The van der Waals surface area contributed by atoms with E-state index in [2.05, 4.69) is 53.6 Å². The quantitative estimate of drug-likeness (QED) is 0.821. The van der Waals surface area contributed by atoms with Crippen LogP contribution in [-0.2, 0) is 12.8 Å². The van der Waals surface area contributed by atoms with Crippen molar-refractivity contribution in [3.8, 4) is 0 Å². The van der Waals surface area contributed by atoms with E-state index >= 15 is 0 Å². The van der Waals surface area contributed by atoms with Crippen LogP contribution in [0.25, 0.3) is 0 Å². The summed E-state index contributed by atoms with van der Waals surface area (Å²) in [6.45, 7) is 5.29. The van der Waals surface area contributed by atoms with Gasteiger partial charge in [0, 0.05) is 12.5 Å². The number of rotatable bonds is 6. The van der Waals surface area contributed by atoms with Crippen molar-refractivity contribution in [2.45, 2.75) is 45.1 Å². The lowest BCUT2D eigenvalue weighted by Crippen LogP contribution is -2.23. The van der Waals surface area contributed by atoms with Crippen molar-refractivity contribution in [1.82, 2.24) is 15.5 Å². The summed E-state index contributed by atoms with van der Waals surface area (Å²) in [4.78, 5) is 0. The molecule has 1 N–H and O–H groups in total. The summed E-state index contributed by atoms with van der Waals surface area (Å²) in [6, 6.07) is 9.00. The first-order chi connectivity index (χ1) is 9.74. The third kappa shape index (κ3) is 2.75. The monoisotopic (exact) mass is 271 g/mol. The molecule has 4 nitrogen and oxygen atoms in total. The largest absolute Gasteiger partial charge is 0.425 e. The van der Waals surface area contributed by atoms with Gasteiger partial charge < -0.3 is 9.73 Å². The molecule has 0 aliphatic heterocycles. The number of aryl methyl sites for hydroxylation is 1. The Morgan fingerprint density at radius 1 is 1.30 bits per heavy atom. The number of nitrogens with zero attached hydrogens (tertiary/aromatic N) is 2. The van der Waals surface area contributed by atoms with Crippen molar-refractivity contribution in [3.05, 3.63) is 47.2 Å². The van der Waals surface area contributed by atoms with Crippen LogP contribution in [0.3, 0.4) is 0 Å². The number of aromatic nitrogens is 2. The Bertz CT molecular complexity index is 577. The number of fused-ring (bicyclic) bond motifs is 1. The fraction of sp³-hybridized carbons (Fsp3) is 0.500. The van der Waals surface area contributed by atoms with Gasteiger partial charge in [-0.2, -0.15) is 0 Å². The highest BCUT2D eigenvalue weighted by molar-refractivity contribution is 5.43. The molecule has 1 unspecified atom stereocenters. The summed E-state index contributed by atoms with van der Waals surface area (Å²) >= 11 is 0. The summed E-state index contributed by atoms with van der Waals surface area (Å²) in [5.74, 6) is 1.84. The SMILES string of the molecule is CC(C)NCCCc1nnc(C2Cc3ccccc32)o1. The molecule has 1 aromatic carbocycles. The number of hydrogen-bond donors (Lipinski definition) is 1. The van der Waals surface area contributed by atoms with Crippen molar-refractivity contribution >= 4 is 0 Å². The molecule has 1 atom stereocenters. The zero-order chi connectivity index (χ0) is 13.9. The Hall–Kier alpha value is -1.68. The van der Waals surface area contributed by atoms with Crippen LogP contribution in [0.2, 0.25) is 0 Å². The van der Waals surface area contributed by atoms with Gasteiger partial charge in [0.25, 0.3) is 0 Å². The summed E-state index contributed by atoms with van der Waals surface area (Å²) < 4.78 is 5.80. The molecule has 0 bridgehead atoms. The van der Waals surface area contributed by atoms with Crippen LogP contribution in [0.15, 0.2) is 28.7 Å². The molecule has 0 saturated carbocycles. The van der Waals surface area contributed by atoms with Gasteiger partial charge in [-0.3, -0.25) is 0 Å². The molecule has 1 heterocycles. The Morgan fingerprint density at radius 3 is 2.95 bits per heavy atom. The van der Waals surface area contributed by atoms with Gasteiger partial charge in [0.1, 0.15) is 0 Å². The molecule has 1 aliphatic carbocycles. The van der Waals surface area contributed by atoms with Crippen molar-refractivity contribution < 1.29 is 4.42 Å². The topological polar surface area (TPSA) is 51.0 Å². The van der Waals surface area contributed by atoms with E-state index in [1.165, 1.54) is 11.1 Å². The minimum atomic E-state index is 0.307. The zero-order valence-corrected chi connectivity index (χ0v) is 12.1. The average Bonchev–Trinajstić information content (AvgIpc) is 2.84. The van der Waals surface area contributed by atoms with E-state index in [1.54, 1.807) is 0 Å². The molecule has 0 amide bonds. The normalized spacial score (nSPS) is 17.1. The van der Waals surface area contributed by atoms with Crippen LogP contribution >= 0.6 is 0 Å². The number of benzene rings is 1. The Kier molecular flexibility index (Phi) is 3.83. The minimum absolute atomic E-state index is 0.307. The molecule has 1 aliphatic rings. The molecule has 4 heteroatoms. The lowest BCUT2D eigenvalue weighted by Gasteiger charge is -2.26. The van der Waals surface area contributed by atoms with E-state index in [4.69, 9.17) is 4.42 Å². The minimum Gasteiger partial charge on any atom is -0.425 e. The van der Waals surface area contributed by atoms with Gasteiger partial charge in [-0.1, -0.05) is 38.1 Å². The first-order valence-corrected chi connectivity index (χ1v) is 7.37. The van der Waals surface area contributed by atoms with Gasteiger partial charge in [-0.25, -0.2) is 0 Å². The fourth-order valence-corrected chi connectivity index (χ4v) is 2.62. The third-order valence-electron chi connectivity index (χ3n) is 3.76. The maximum absolute atomic E-state index is 5.80. The van der Waals surface area contributed by atoms with Crippen LogP contribution in [0, 0.1) is 0 Å². The van der Waals surface area contributed by atoms with Crippen LogP contribution in [-0.4, -0.2) is 22.8 Å². The lowest BCUT2D eigenvalue weighted by molar-refractivity contribution is 0.412. The van der Waals surface area contributed by atoms with E-state index in [9.17, 15) is 0 Å². The van der Waals surface area contributed by atoms with Gasteiger partial charge in [0.15, 0.2) is 0 Å². The van der Waals surface area contributed by atoms with Gasteiger partial charge in [-0.15, -0.1) is 10.2 Å². The molecule has 2 aromatic rings. The highest BCUT2D eigenvalue weighted by atomic mass is 16.4. The number of nitrogens with one attached hydrogen (secondary N) is 1. The van der Waals surface area contributed by atoms with Gasteiger partial charge in [0.05, 0.1) is 5.92 Å². The van der Waals surface area contributed by atoms with E-state index in [0.717, 1.165) is 37.6 Å². The molecule has 0 fully saturated rings. The van der Waals surface area contributed by atoms with E-state index in [-0.39, 0.29) is 0 Å². The van der Waals surface area contributed by atoms with Crippen molar-refractivity contribution in [3.63, 3.8) is 0 Å². The zero-order valence-electron chi connectivity index (χ0n) is 12.1. The smallest absolute Gasteiger partial charge is 0.224 e. The van der Waals surface area contributed by atoms with Crippen LogP contribution in [0.5, 0.6) is 0 Å². The summed E-state index contributed by atoms with van der Waals surface area (Å²) in [5, 5.41) is 11.8. The Balaban J connectivity index is 1.56. The van der Waals surface area contributed by atoms with Crippen molar-refractivity contribution in [2.75, 3.05) is 6.54 Å². The summed E-state index contributed by atoms with van der Waals surface area (Å²) in [5.41, 5.74) is 2.74. The van der Waals surface area contributed by atoms with Crippen LogP contribution in [0.1, 0.15) is 49.1 Å². The maximum atomic E-state index is 5.80. The molecule has 0 spiro atoms. The molecule has 20 heavy (non-hydrogen) atoms. The third-order valence-corrected chi connectivity index (χ3v) is 3.76. The molecule has 106 valence electrons. The second-order valence-corrected chi connectivity index (χ2v) is 5.70. The molecule has 0 saturated heterocycles. The predicted molar refractivity (Wildman–Crippen MR) is 77.7 cm³/mol. The van der Waals surface area contributed by atoms with Gasteiger partial charge in [-0.05, 0) is 30.5 Å².